The molecule has 0 radical (unpaired) electrons. The summed E-state index contributed by atoms with van der Waals surface area (Å²) in [5.41, 5.74) is 0.689. The van der Waals surface area contributed by atoms with Crippen LogP contribution in [0.3, 0.4) is 0 Å². The van der Waals surface area contributed by atoms with Crippen LogP contribution in [0.1, 0.15) is 25.8 Å². The van der Waals surface area contributed by atoms with Crippen molar-refractivity contribution in [1.29, 1.82) is 0 Å². The highest BCUT2D eigenvalue weighted by atomic mass is 32.2. The standard InChI is InChI=1S/C19H24N2O4S/c1-15(2)11-12-25-18-10-9-16(13-19(18)24-3)14-20-21-26(22,23)17-7-5-4-6-8-17/h4-10,13-15,21H,11-12H2,1-3H3/b20-14-. The molecule has 0 aliphatic carbocycles. The van der Waals surface area contributed by atoms with Gasteiger partial charge in [-0.2, -0.15) is 13.5 Å². The molecule has 0 amide bonds. The summed E-state index contributed by atoms with van der Waals surface area (Å²) in [4.78, 5) is 2.35. The molecule has 6 nitrogen and oxygen atoms in total. The van der Waals surface area contributed by atoms with Gasteiger partial charge >= 0.3 is 0 Å². The van der Waals surface area contributed by atoms with Gasteiger partial charge in [-0.05, 0) is 48.2 Å². The van der Waals surface area contributed by atoms with E-state index in [4.69, 9.17) is 9.47 Å². The van der Waals surface area contributed by atoms with Gasteiger partial charge in [0.1, 0.15) is 0 Å². The van der Waals surface area contributed by atoms with Gasteiger partial charge in [-0.1, -0.05) is 32.0 Å². The first-order valence-corrected chi connectivity index (χ1v) is 9.81. The van der Waals surface area contributed by atoms with Gasteiger partial charge < -0.3 is 9.47 Å². The maximum absolute atomic E-state index is 12.1. The summed E-state index contributed by atoms with van der Waals surface area (Å²) in [5, 5.41) is 3.82. The van der Waals surface area contributed by atoms with Crippen molar-refractivity contribution in [3.05, 3.63) is 54.1 Å². The molecule has 26 heavy (non-hydrogen) atoms. The van der Waals surface area contributed by atoms with Crippen LogP contribution in [0, 0.1) is 5.92 Å². The summed E-state index contributed by atoms with van der Waals surface area (Å²) in [5.74, 6) is 1.78. The molecule has 0 fully saturated rings. The molecule has 2 aromatic rings. The highest BCUT2D eigenvalue weighted by Gasteiger charge is 2.11. The summed E-state index contributed by atoms with van der Waals surface area (Å²) in [6.45, 7) is 4.88. The average Bonchev–Trinajstić information content (AvgIpc) is 2.63. The van der Waals surface area contributed by atoms with Crippen LogP contribution < -0.4 is 14.3 Å². The van der Waals surface area contributed by atoms with Gasteiger partial charge in [-0.25, -0.2) is 4.83 Å². The molecule has 0 aliphatic rings. The van der Waals surface area contributed by atoms with E-state index in [9.17, 15) is 8.42 Å². The molecular formula is C19H24N2O4S. The quantitative estimate of drug-likeness (QED) is 0.537. The van der Waals surface area contributed by atoms with Crippen LogP contribution in [0.15, 0.2) is 58.5 Å². The molecule has 0 aliphatic heterocycles. The van der Waals surface area contributed by atoms with Gasteiger partial charge in [-0.15, -0.1) is 0 Å². The van der Waals surface area contributed by atoms with Crippen molar-refractivity contribution in [3.63, 3.8) is 0 Å². The Balaban J connectivity index is 2.04. The second-order valence-electron chi connectivity index (χ2n) is 6.11. The molecule has 140 valence electrons. The molecule has 0 saturated carbocycles. The molecule has 1 N–H and O–H groups in total. The predicted octanol–water partition coefficient (Wildman–Crippen LogP) is 3.43. The first-order valence-electron chi connectivity index (χ1n) is 8.33. The van der Waals surface area contributed by atoms with E-state index in [-0.39, 0.29) is 4.90 Å². The minimum absolute atomic E-state index is 0.156. The van der Waals surface area contributed by atoms with E-state index in [1.807, 2.05) is 0 Å². The normalized spacial score (nSPS) is 11.7. The zero-order chi connectivity index (χ0) is 19.0. The molecule has 0 spiro atoms. The lowest BCUT2D eigenvalue weighted by Crippen LogP contribution is -2.18. The van der Waals surface area contributed by atoms with Crippen LogP contribution in [0.5, 0.6) is 11.5 Å². The fourth-order valence-electron chi connectivity index (χ4n) is 2.11. The number of ether oxygens (including phenoxy) is 2. The second-order valence-corrected chi connectivity index (χ2v) is 7.77. The van der Waals surface area contributed by atoms with E-state index in [2.05, 4.69) is 23.8 Å². The smallest absolute Gasteiger partial charge is 0.276 e. The highest BCUT2D eigenvalue weighted by molar-refractivity contribution is 7.89. The lowest BCUT2D eigenvalue weighted by atomic mass is 10.1. The van der Waals surface area contributed by atoms with Gasteiger partial charge in [0.05, 0.1) is 24.8 Å². The molecule has 0 unspecified atom stereocenters. The fourth-order valence-corrected chi connectivity index (χ4v) is 2.92. The lowest BCUT2D eigenvalue weighted by molar-refractivity contribution is 0.273. The van der Waals surface area contributed by atoms with E-state index < -0.39 is 10.0 Å². The number of nitrogens with one attached hydrogen (secondary N) is 1. The maximum Gasteiger partial charge on any atom is 0.276 e. The molecule has 0 atom stereocenters. The van der Waals surface area contributed by atoms with Crippen LogP contribution in [-0.4, -0.2) is 28.3 Å². The van der Waals surface area contributed by atoms with Crippen molar-refractivity contribution < 1.29 is 17.9 Å². The third-order valence-electron chi connectivity index (χ3n) is 3.58. The Kier molecular flexibility index (Phi) is 7.03. The van der Waals surface area contributed by atoms with Gasteiger partial charge in [0.2, 0.25) is 0 Å². The Morgan fingerprint density at radius 1 is 1.12 bits per heavy atom. The molecule has 2 rings (SSSR count). The van der Waals surface area contributed by atoms with Crippen molar-refractivity contribution in [2.75, 3.05) is 13.7 Å². The van der Waals surface area contributed by atoms with Crippen molar-refractivity contribution in [2.24, 2.45) is 11.0 Å². The van der Waals surface area contributed by atoms with E-state index in [0.717, 1.165) is 6.42 Å². The van der Waals surface area contributed by atoms with E-state index in [0.29, 0.717) is 29.6 Å². The van der Waals surface area contributed by atoms with Crippen LogP contribution in [0.2, 0.25) is 0 Å². The van der Waals surface area contributed by atoms with Crippen molar-refractivity contribution in [2.45, 2.75) is 25.2 Å². The number of hydrazone groups is 1. The number of hydrogen-bond donors (Lipinski definition) is 1. The number of hydrogen-bond acceptors (Lipinski definition) is 5. The average molecular weight is 376 g/mol. The van der Waals surface area contributed by atoms with Gasteiger partial charge in [0, 0.05) is 0 Å². The van der Waals surface area contributed by atoms with Crippen molar-refractivity contribution >= 4 is 16.2 Å². The summed E-state index contributed by atoms with van der Waals surface area (Å²) in [6.07, 6.45) is 2.37. The number of benzene rings is 2. The number of sulfonamides is 1. The van der Waals surface area contributed by atoms with Crippen LogP contribution in [0.4, 0.5) is 0 Å². The van der Waals surface area contributed by atoms with Crippen molar-refractivity contribution in [3.8, 4) is 11.5 Å². The highest BCUT2D eigenvalue weighted by Crippen LogP contribution is 2.27. The number of rotatable bonds is 9. The molecule has 2 aromatic carbocycles. The Labute approximate surface area is 154 Å². The Morgan fingerprint density at radius 2 is 1.85 bits per heavy atom. The van der Waals surface area contributed by atoms with Crippen molar-refractivity contribution in [1.82, 2.24) is 4.83 Å². The van der Waals surface area contributed by atoms with E-state index in [1.54, 1.807) is 43.5 Å². The molecule has 0 saturated heterocycles. The topological polar surface area (TPSA) is 77.0 Å². The summed E-state index contributed by atoms with van der Waals surface area (Å²) < 4.78 is 35.3. The second kappa shape index (κ2) is 9.24. The zero-order valence-electron chi connectivity index (χ0n) is 15.2. The molecule has 7 heteroatoms. The third-order valence-corrected chi connectivity index (χ3v) is 4.82. The molecule has 0 aromatic heterocycles. The lowest BCUT2D eigenvalue weighted by Gasteiger charge is -2.12. The van der Waals surface area contributed by atoms with Crippen LogP contribution in [-0.2, 0) is 10.0 Å². The minimum Gasteiger partial charge on any atom is -0.493 e. The third kappa shape index (κ3) is 5.77. The molecule has 0 bridgehead atoms. The van der Waals surface area contributed by atoms with Gasteiger partial charge in [0.15, 0.2) is 11.5 Å². The summed E-state index contributed by atoms with van der Waals surface area (Å²) in [6, 6.07) is 13.4. The molecule has 0 heterocycles. The Hall–Kier alpha value is -2.54. The summed E-state index contributed by atoms with van der Waals surface area (Å²) in [7, 11) is -2.12. The van der Waals surface area contributed by atoms with Gasteiger partial charge in [-0.3, -0.25) is 0 Å². The van der Waals surface area contributed by atoms with E-state index >= 15 is 0 Å². The van der Waals surface area contributed by atoms with Gasteiger partial charge in [0.25, 0.3) is 10.0 Å². The minimum atomic E-state index is -3.68. The largest absolute Gasteiger partial charge is 0.493 e. The Bertz CT molecular complexity index is 834. The molecular weight excluding hydrogens is 352 g/mol. The number of methoxy groups -OCH3 is 1. The monoisotopic (exact) mass is 376 g/mol. The van der Waals surface area contributed by atoms with Crippen LogP contribution in [0.25, 0.3) is 0 Å². The first-order chi connectivity index (χ1) is 12.4. The SMILES string of the molecule is COc1cc(/C=N\NS(=O)(=O)c2ccccc2)ccc1OCCC(C)C. The first kappa shape index (κ1) is 19.8. The summed E-state index contributed by atoms with van der Waals surface area (Å²) >= 11 is 0. The fraction of sp³-hybridized carbons (Fsp3) is 0.316. The maximum atomic E-state index is 12.1. The van der Waals surface area contributed by atoms with E-state index in [1.165, 1.54) is 18.3 Å². The van der Waals surface area contributed by atoms with Crippen LogP contribution >= 0.6 is 0 Å². The predicted molar refractivity (Wildman–Crippen MR) is 102 cm³/mol. The Morgan fingerprint density at radius 3 is 2.50 bits per heavy atom. The number of nitrogens with zero attached hydrogens (tertiary/aromatic N) is 1. The zero-order valence-corrected chi connectivity index (χ0v) is 16.0.